The van der Waals surface area contributed by atoms with Crippen molar-refractivity contribution in [2.45, 2.75) is 14.4 Å². The first-order chi connectivity index (χ1) is 17.2. The molecule has 0 unspecified atom stereocenters. The molecule has 0 aliphatic carbocycles. The molecule has 0 fully saturated rings. The van der Waals surface area contributed by atoms with Crippen molar-refractivity contribution in [3.8, 4) is 0 Å². The number of thioether (sulfide) groups is 2. The largest absolute Gasteiger partial charge is 0.272 e. The molecule has 0 aliphatic heterocycles. The highest BCUT2D eigenvalue weighted by molar-refractivity contribution is 8.03. The molecule has 35 heavy (non-hydrogen) atoms. The Kier molecular flexibility index (Phi) is 7.63. The van der Waals surface area contributed by atoms with Gasteiger partial charge in [0.25, 0.3) is 5.91 Å². The number of fused-ring (bicyclic) bond motifs is 2. The lowest BCUT2D eigenvalue weighted by molar-refractivity contribution is -0.118. The molecule has 0 bridgehead atoms. The fourth-order valence-corrected chi connectivity index (χ4v) is 6.68. The standard InChI is InChI=1S/C26H19ClN4OS3/c27-23-12-6-3-9-19(23)15-33-25-30-31-26(35-25)34-16-24(32)29-28-14-22-20-10-4-1-7-17(20)13-18-8-2-5-11-21(18)22/h1-14H,15-16H2,(H,29,32)/b28-14+. The number of benzene rings is 4. The number of hydrogen-bond acceptors (Lipinski definition) is 7. The first-order valence-corrected chi connectivity index (χ1v) is 13.9. The number of rotatable bonds is 8. The summed E-state index contributed by atoms with van der Waals surface area (Å²) in [5.41, 5.74) is 4.67. The Hall–Kier alpha value is -2.91. The first kappa shape index (κ1) is 23.8. The van der Waals surface area contributed by atoms with Crippen molar-refractivity contribution in [1.82, 2.24) is 15.6 Å². The summed E-state index contributed by atoms with van der Waals surface area (Å²) >= 11 is 10.6. The molecule has 9 heteroatoms. The summed E-state index contributed by atoms with van der Waals surface area (Å²) in [7, 11) is 0. The average molecular weight is 535 g/mol. The number of carbonyl (C=O) groups is 1. The van der Waals surface area contributed by atoms with Gasteiger partial charge >= 0.3 is 0 Å². The third-order valence-electron chi connectivity index (χ3n) is 5.22. The van der Waals surface area contributed by atoms with E-state index in [0.29, 0.717) is 0 Å². The number of halogens is 1. The Morgan fingerprint density at radius 2 is 1.54 bits per heavy atom. The Morgan fingerprint density at radius 3 is 2.26 bits per heavy atom. The fraction of sp³-hybridized carbons (Fsp3) is 0.0769. The molecule has 0 spiro atoms. The topological polar surface area (TPSA) is 67.2 Å². The molecule has 1 aromatic heterocycles. The predicted octanol–water partition coefficient (Wildman–Crippen LogP) is 7.03. The van der Waals surface area contributed by atoms with Crippen molar-refractivity contribution < 1.29 is 4.79 Å². The lowest BCUT2D eigenvalue weighted by Crippen LogP contribution is -2.19. The fourth-order valence-electron chi connectivity index (χ4n) is 3.59. The molecule has 0 saturated carbocycles. The maximum Gasteiger partial charge on any atom is 0.250 e. The van der Waals surface area contributed by atoms with Crippen molar-refractivity contribution in [2.24, 2.45) is 5.10 Å². The van der Waals surface area contributed by atoms with Gasteiger partial charge in [0.1, 0.15) is 0 Å². The average Bonchev–Trinajstić information content (AvgIpc) is 3.34. The maximum absolute atomic E-state index is 12.4. The third-order valence-corrected chi connectivity index (χ3v) is 8.83. The van der Waals surface area contributed by atoms with Crippen LogP contribution >= 0.6 is 46.5 Å². The third kappa shape index (κ3) is 5.85. The van der Waals surface area contributed by atoms with Gasteiger partial charge in [0.15, 0.2) is 8.68 Å². The quantitative estimate of drug-likeness (QED) is 0.100. The van der Waals surface area contributed by atoms with E-state index in [1.54, 1.807) is 18.0 Å². The van der Waals surface area contributed by atoms with E-state index in [0.717, 1.165) is 52.1 Å². The van der Waals surface area contributed by atoms with Gasteiger partial charge in [-0.2, -0.15) is 5.10 Å². The summed E-state index contributed by atoms with van der Waals surface area (Å²) in [6, 6.07) is 26.3. The molecular weight excluding hydrogens is 516 g/mol. The van der Waals surface area contributed by atoms with Gasteiger partial charge < -0.3 is 0 Å². The Morgan fingerprint density at radius 1 is 0.914 bits per heavy atom. The van der Waals surface area contributed by atoms with E-state index in [-0.39, 0.29) is 11.7 Å². The van der Waals surface area contributed by atoms with E-state index in [4.69, 9.17) is 11.6 Å². The highest BCUT2D eigenvalue weighted by Gasteiger charge is 2.10. The smallest absolute Gasteiger partial charge is 0.250 e. The van der Waals surface area contributed by atoms with Crippen LogP contribution in [0, 0.1) is 0 Å². The molecule has 1 N–H and O–H groups in total. The van der Waals surface area contributed by atoms with E-state index in [2.05, 4.69) is 51.1 Å². The summed E-state index contributed by atoms with van der Waals surface area (Å²) in [5.74, 6) is 0.727. The molecule has 0 atom stereocenters. The normalized spacial score (nSPS) is 11.5. The van der Waals surface area contributed by atoms with Crippen molar-refractivity contribution in [1.29, 1.82) is 0 Å². The predicted molar refractivity (Wildman–Crippen MR) is 149 cm³/mol. The van der Waals surface area contributed by atoms with Gasteiger partial charge in [0.2, 0.25) is 0 Å². The maximum atomic E-state index is 12.4. The minimum atomic E-state index is -0.198. The molecule has 174 valence electrons. The van der Waals surface area contributed by atoms with Crippen molar-refractivity contribution in [2.75, 3.05) is 5.75 Å². The number of aromatic nitrogens is 2. The summed E-state index contributed by atoms with van der Waals surface area (Å²) in [6.45, 7) is 0. The van der Waals surface area contributed by atoms with Gasteiger partial charge in [-0.3, -0.25) is 4.79 Å². The van der Waals surface area contributed by atoms with Gasteiger partial charge in [-0.15, -0.1) is 10.2 Å². The molecule has 0 aliphatic rings. The molecule has 4 aromatic carbocycles. The van der Waals surface area contributed by atoms with Gasteiger partial charge in [0, 0.05) is 16.3 Å². The van der Waals surface area contributed by atoms with Crippen molar-refractivity contribution in [3.05, 3.63) is 95.0 Å². The first-order valence-electron chi connectivity index (χ1n) is 10.7. The number of carbonyl (C=O) groups excluding carboxylic acids is 1. The molecule has 1 heterocycles. The van der Waals surface area contributed by atoms with E-state index in [1.807, 2.05) is 48.5 Å². The highest BCUT2D eigenvalue weighted by Crippen LogP contribution is 2.32. The number of amides is 1. The summed E-state index contributed by atoms with van der Waals surface area (Å²) in [5, 5.41) is 17.8. The SMILES string of the molecule is O=C(CSc1nnc(SCc2ccccc2Cl)s1)N/N=C/c1c2ccccc2cc2ccccc12. The van der Waals surface area contributed by atoms with Crippen LogP contribution in [0.15, 0.2) is 92.6 Å². The monoisotopic (exact) mass is 534 g/mol. The van der Waals surface area contributed by atoms with Crippen LogP contribution in [0.5, 0.6) is 0 Å². The minimum absolute atomic E-state index is 0.198. The Balaban J connectivity index is 1.19. The van der Waals surface area contributed by atoms with E-state index in [9.17, 15) is 4.79 Å². The van der Waals surface area contributed by atoms with Crippen LogP contribution in [-0.2, 0) is 10.5 Å². The zero-order chi connectivity index (χ0) is 24.0. The zero-order valence-corrected chi connectivity index (χ0v) is 21.6. The van der Waals surface area contributed by atoms with Crippen LogP contribution in [0.3, 0.4) is 0 Å². The number of hydrogen-bond donors (Lipinski definition) is 1. The number of nitrogens with one attached hydrogen (secondary N) is 1. The zero-order valence-electron chi connectivity index (χ0n) is 18.3. The number of hydrazone groups is 1. The van der Waals surface area contributed by atoms with Crippen LogP contribution < -0.4 is 5.43 Å². The molecule has 5 nitrogen and oxygen atoms in total. The minimum Gasteiger partial charge on any atom is -0.272 e. The van der Waals surface area contributed by atoms with Crippen LogP contribution in [0.25, 0.3) is 21.5 Å². The van der Waals surface area contributed by atoms with Gasteiger partial charge in [-0.25, -0.2) is 5.43 Å². The molecular formula is C26H19ClN4OS3. The second-order valence-corrected chi connectivity index (χ2v) is 11.4. The lowest BCUT2D eigenvalue weighted by atomic mass is 9.97. The van der Waals surface area contributed by atoms with Crippen LogP contribution in [0.1, 0.15) is 11.1 Å². The Bertz CT molecular complexity index is 1480. The molecule has 0 saturated heterocycles. The van der Waals surface area contributed by atoms with Crippen LogP contribution in [0.4, 0.5) is 0 Å². The van der Waals surface area contributed by atoms with Crippen LogP contribution in [-0.4, -0.2) is 28.1 Å². The molecule has 5 rings (SSSR count). The van der Waals surface area contributed by atoms with E-state index >= 15 is 0 Å². The van der Waals surface area contributed by atoms with Crippen LogP contribution in [0.2, 0.25) is 5.02 Å². The second kappa shape index (κ2) is 11.2. The molecule has 5 aromatic rings. The van der Waals surface area contributed by atoms with E-state index < -0.39 is 0 Å². The summed E-state index contributed by atoms with van der Waals surface area (Å²) < 4.78 is 1.58. The van der Waals surface area contributed by atoms with Gasteiger partial charge in [-0.1, -0.05) is 113 Å². The van der Waals surface area contributed by atoms with E-state index in [1.165, 1.54) is 23.1 Å². The van der Waals surface area contributed by atoms with Gasteiger partial charge in [0.05, 0.1) is 12.0 Å². The van der Waals surface area contributed by atoms with Crippen molar-refractivity contribution in [3.63, 3.8) is 0 Å². The van der Waals surface area contributed by atoms with Crippen molar-refractivity contribution >= 4 is 80.1 Å². The summed E-state index contributed by atoms with van der Waals surface area (Å²) in [4.78, 5) is 12.4. The second-order valence-electron chi connectivity index (χ2n) is 7.53. The van der Waals surface area contributed by atoms with Gasteiger partial charge in [-0.05, 0) is 39.2 Å². The number of nitrogens with zero attached hydrogens (tertiary/aromatic N) is 3. The summed E-state index contributed by atoms with van der Waals surface area (Å²) in [6.07, 6.45) is 1.72. The highest BCUT2D eigenvalue weighted by atomic mass is 35.5. The Labute approximate surface area is 220 Å². The molecule has 1 amide bonds. The molecule has 0 radical (unpaired) electrons. The lowest BCUT2D eigenvalue weighted by Gasteiger charge is -2.07.